The molecule has 0 aliphatic rings. The van der Waals surface area contributed by atoms with Crippen LogP contribution in [0.1, 0.15) is 11.4 Å². The smallest absolute Gasteiger partial charge is 0.252 e. The number of alkyl halides is 3. The number of benzene rings is 1. The molecule has 3 aromatic rings. The van der Waals surface area contributed by atoms with Crippen molar-refractivity contribution >= 4 is 21.7 Å². The molecule has 0 radical (unpaired) electrons. The first-order valence-corrected chi connectivity index (χ1v) is 5.69. The number of halogens is 3. The molecule has 2 nitrogen and oxygen atoms in total. The molecule has 0 aliphatic heterocycles. The molecule has 2 heterocycles. The topological polar surface area (TPSA) is 25.8 Å². The van der Waals surface area contributed by atoms with Gasteiger partial charge >= 0.3 is 6.18 Å². The normalized spacial score (nSPS) is 12.2. The van der Waals surface area contributed by atoms with E-state index >= 15 is 0 Å². The molecular formula is C14H9F3N2. The van der Waals surface area contributed by atoms with Crippen LogP contribution < -0.4 is 0 Å². The van der Waals surface area contributed by atoms with Crippen LogP contribution in [-0.4, -0.2) is 9.97 Å². The Labute approximate surface area is 106 Å². The summed E-state index contributed by atoms with van der Waals surface area (Å²) in [7, 11) is 0. The molecule has 0 bridgehead atoms. The maximum atomic E-state index is 12.6. The average Bonchev–Trinajstić information content (AvgIpc) is 2.37. The van der Waals surface area contributed by atoms with E-state index in [4.69, 9.17) is 0 Å². The number of nitrogens with zero attached hydrogens (tertiary/aromatic N) is 2. The number of hydrogen-bond acceptors (Lipinski definition) is 2. The highest BCUT2D eigenvalue weighted by molar-refractivity contribution is 6.06. The van der Waals surface area contributed by atoms with E-state index in [1.54, 1.807) is 6.92 Å². The second-order valence-electron chi connectivity index (χ2n) is 4.33. The Kier molecular flexibility index (Phi) is 2.45. The van der Waals surface area contributed by atoms with Crippen molar-refractivity contribution in [2.24, 2.45) is 0 Å². The highest BCUT2D eigenvalue weighted by atomic mass is 19.4. The van der Waals surface area contributed by atoms with Crippen molar-refractivity contribution in [2.75, 3.05) is 0 Å². The fourth-order valence-electron chi connectivity index (χ4n) is 2.17. The van der Waals surface area contributed by atoms with Crippen molar-refractivity contribution in [3.8, 4) is 0 Å². The molecule has 0 atom stereocenters. The monoisotopic (exact) mass is 262 g/mol. The van der Waals surface area contributed by atoms with Gasteiger partial charge in [0.05, 0.1) is 5.52 Å². The molecule has 19 heavy (non-hydrogen) atoms. The summed E-state index contributed by atoms with van der Waals surface area (Å²) in [6, 6.07) is 8.48. The van der Waals surface area contributed by atoms with Crippen molar-refractivity contribution in [2.45, 2.75) is 13.1 Å². The molecule has 0 aliphatic carbocycles. The third-order valence-corrected chi connectivity index (χ3v) is 3.07. The van der Waals surface area contributed by atoms with Gasteiger partial charge in [-0.05, 0) is 18.4 Å². The largest absolute Gasteiger partial charge is 0.433 e. The van der Waals surface area contributed by atoms with Gasteiger partial charge in [0.15, 0.2) is 0 Å². The van der Waals surface area contributed by atoms with Crippen molar-refractivity contribution in [3.05, 3.63) is 47.9 Å². The number of rotatable bonds is 0. The Morgan fingerprint density at radius 3 is 2.37 bits per heavy atom. The van der Waals surface area contributed by atoms with Crippen molar-refractivity contribution in [3.63, 3.8) is 0 Å². The molecule has 1 aromatic carbocycles. The quantitative estimate of drug-likeness (QED) is 0.570. The van der Waals surface area contributed by atoms with E-state index in [1.807, 2.05) is 24.3 Å². The first-order valence-electron chi connectivity index (χ1n) is 5.69. The highest BCUT2D eigenvalue weighted by Gasteiger charge is 2.32. The predicted molar refractivity (Wildman–Crippen MR) is 66.8 cm³/mol. The van der Waals surface area contributed by atoms with Crippen LogP contribution >= 0.6 is 0 Å². The number of fused-ring (bicyclic) bond motifs is 3. The lowest BCUT2D eigenvalue weighted by Crippen LogP contribution is -2.07. The maximum absolute atomic E-state index is 12.6. The molecule has 96 valence electrons. The Morgan fingerprint density at radius 1 is 1.00 bits per heavy atom. The zero-order valence-electron chi connectivity index (χ0n) is 9.99. The summed E-state index contributed by atoms with van der Waals surface area (Å²) in [5.74, 6) is 0. The van der Waals surface area contributed by atoms with Gasteiger partial charge in [0.25, 0.3) is 0 Å². The number of pyridine rings is 2. The van der Waals surface area contributed by atoms with E-state index in [0.29, 0.717) is 16.6 Å². The van der Waals surface area contributed by atoms with Crippen LogP contribution in [0.4, 0.5) is 13.2 Å². The SMILES string of the molecule is Cc1nc2cc(C(F)(F)F)ncc2c2ccccc12. The summed E-state index contributed by atoms with van der Waals surface area (Å²) in [5.41, 5.74) is 0.114. The van der Waals surface area contributed by atoms with Crippen molar-refractivity contribution < 1.29 is 13.2 Å². The Balaban J connectivity index is 2.40. The summed E-state index contributed by atoms with van der Waals surface area (Å²) < 4.78 is 37.9. The Bertz CT molecular complexity index is 779. The second kappa shape index (κ2) is 3.91. The third-order valence-electron chi connectivity index (χ3n) is 3.07. The third kappa shape index (κ3) is 1.91. The van der Waals surface area contributed by atoms with Gasteiger partial charge < -0.3 is 0 Å². The van der Waals surface area contributed by atoms with E-state index in [2.05, 4.69) is 9.97 Å². The van der Waals surface area contributed by atoms with Crippen LogP contribution in [0, 0.1) is 6.92 Å². The van der Waals surface area contributed by atoms with E-state index in [9.17, 15) is 13.2 Å². The average molecular weight is 262 g/mol. The van der Waals surface area contributed by atoms with Crippen LogP contribution in [-0.2, 0) is 6.18 Å². The molecular weight excluding hydrogens is 253 g/mol. The Hall–Kier alpha value is -2.17. The van der Waals surface area contributed by atoms with Crippen molar-refractivity contribution in [1.82, 2.24) is 9.97 Å². The van der Waals surface area contributed by atoms with E-state index < -0.39 is 11.9 Å². The van der Waals surface area contributed by atoms with Crippen LogP contribution in [0.2, 0.25) is 0 Å². The van der Waals surface area contributed by atoms with Gasteiger partial charge in [-0.15, -0.1) is 0 Å². The highest BCUT2D eigenvalue weighted by Crippen LogP contribution is 2.31. The Morgan fingerprint density at radius 2 is 1.68 bits per heavy atom. The molecule has 0 unspecified atom stereocenters. The van der Waals surface area contributed by atoms with Gasteiger partial charge in [0.2, 0.25) is 0 Å². The zero-order chi connectivity index (χ0) is 13.6. The maximum Gasteiger partial charge on any atom is 0.433 e. The summed E-state index contributed by atoms with van der Waals surface area (Å²) in [5, 5.41) is 2.43. The standard InChI is InChI=1S/C14H9F3N2/c1-8-9-4-2-3-5-10(9)11-7-18-13(14(15,16)17)6-12(11)19-8/h2-7H,1H3. The van der Waals surface area contributed by atoms with Crippen LogP contribution in [0.25, 0.3) is 21.7 Å². The van der Waals surface area contributed by atoms with Gasteiger partial charge in [0, 0.05) is 22.7 Å². The van der Waals surface area contributed by atoms with Crippen LogP contribution in [0.3, 0.4) is 0 Å². The van der Waals surface area contributed by atoms with E-state index in [-0.39, 0.29) is 0 Å². The second-order valence-corrected chi connectivity index (χ2v) is 4.33. The lowest BCUT2D eigenvalue weighted by Gasteiger charge is -2.09. The van der Waals surface area contributed by atoms with Gasteiger partial charge in [-0.1, -0.05) is 24.3 Å². The summed E-state index contributed by atoms with van der Waals surface area (Å²) in [4.78, 5) is 7.73. The van der Waals surface area contributed by atoms with Gasteiger partial charge in [-0.3, -0.25) is 9.97 Å². The molecule has 0 amide bonds. The molecule has 0 saturated carbocycles. The summed E-state index contributed by atoms with van der Waals surface area (Å²) in [6.45, 7) is 1.79. The fourth-order valence-corrected chi connectivity index (χ4v) is 2.17. The fraction of sp³-hybridized carbons (Fsp3) is 0.143. The molecule has 0 spiro atoms. The van der Waals surface area contributed by atoms with Gasteiger partial charge in [-0.2, -0.15) is 13.2 Å². The first-order chi connectivity index (χ1) is 8.97. The van der Waals surface area contributed by atoms with Gasteiger partial charge in [-0.25, -0.2) is 0 Å². The summed E-state index contributed by atoms with van der Waals surface area (Å²) >= 11 is 0. The predicted octanol–water partition coefficient (Wildman–Crippen LogP) is 4.11. The first kappa shape index (κ1) is 11.9. The molecule has 0 fully saturated rings. The van der Waals surface area contributed by atoms with Crippen molar-refractivity contribution in [1.29, 1.82) is 0 Å². The number of aromatic nitrogens is 2. The minimum atomic E-state index is -4.45. The van der Waals surface area contributed by atoms with Crippen LogP contribution in [0.15, 0.2) is 36.5 Å². The van der Waals surface area contributed by atoms with Gasteiger partial charge in [0.1, 0.15) is 5.69 Å². The van der Waals surface area contributed by atoms with Crippen LogP contribution in [0.5, 0.6) is 0 Å². The lowest BCUT2D eigenvalue weighted by atomic mass is 10.1. The lowest BCUT2D eigenvalue weighted by molar-refractivity contribution is -0.141. The van der Waals surface area contributed by atoms with E-state index in [0.717, 1.165) is 16.8 Å². The minimum Gasteiger partial charge on any atom is -0.252 e. The molecule has 0 saturated heterocycles. The zero-order valence-corrected chi connectivity index (χ0v) is 9.99. The minimum absolute atomic E-state index is 0.318. The molecule has 5 heteroatoms. The molecule has 3 rings (SSSR count). The number of aryl methyl sites for hydroxylation is 1. The molecule has 0 N–H and O–H groups in total. The number of hydrogen-bond donors (Lipinski definition) is 0. The molecule has 2 aromatic heterocycles. The summed E-state index contributed by atoms with van der Waals surface area (Å²) in [6.07, 6.45) is -3.21. The van der Waals surface area contributed by atoms with E-state index in [1.165, 1.54) is 6.20 Å².